The maximum absolute atomic E-state index is 12.1. The van der Waals surface area contributed by atoms with Crippen molar-refractivity contribution in [2.75, 3.05) is 13.3 Å². The van der Waals surface area contributed by atoms with Crippen molar-refractivity contribution in [2.24, 2.45) is 5.73 Å². The number of ether oxygens (including phenoxy) is 1. The van der Waals surface area contributed by atoms with Crippen LogP contribution in [0.3, 0.4) is 0 Å². The van der Waals surface area contributed by atoms with Gasteiger partial charge in [-0.25, -0.2) is 4.39 Å². The van der Waals surface area contributed by atoms with E-state index in [0.717, 1.165) is 5.56 Å². The lowest BCUT2D eigenvalue weighted by molar-refractivity contribution is 0.271. The standard InChI is InChI=1S/C11H14Cl2FNO/c1-7(15)4-8-5-9(12)6-10(13)11(8)16-3-2-14/h5-7H,2-4,15H2,1H3. The van der Waals surface area contributed by atoms with Crippen LogP contribution in [0.2, 0.25) is 10.0 Å². The van der Waals surface area contributed by atoms with Crippen LogP contribution >= 0.6 is 23.2 Å². The van der Waals surface area contributed by atoms with E-state index in [4.69, 9.17) is 33.7 Å². The number of alkyl halides is 1. The second-order valence-electron chi connectivity index (χ2n) is 3.59. The van der Waals surface area contributed by atoms with Crippen LogP contribution in [0.1, 0.15) is 12.5 Å². The molecule has 0 bridgehead atoms. The van der Waals surface area contributed by atoms with Crippen LogP contribution in [0.15, 0.2) is 12.1 Å². The molecule has 1 unspecified atom stereocenters. The minimum Gasteiger partial charge on any atom is -0.489 e. The molecule has 0 fully saturated rings. The van der Waals surface area contributed by atoms with E-state index in [0.29, 0.717) is 22.2 Å². The number of rotatable bonds is 5. The quantitative estimate of drug-likeness (QED) is 0.888. The number of hydrogen-bond acceptors (Lipinski definition) is 2. The van der Waals surface area contributed by atoms with Crippen LogP contribution in [-0.2, 0) is 6.42 Å². The minimum atomic E-state index is -0.559. The highest BCUT2D eigenvalue weighted by atomic mass is 35.5. The van der Waals surface area contributed by atoms with Gasteiger partial charge in [-0.15, -0.1) is 0 Å². The Morgan fingerprint density at radius 3 is 2.69 bits per heavy atom. The van der Waals surface area contributed by atoms with Gasteiger partial charge in [0, 0.05) is 11.1 Å². The Labute approximate surface area is 104 Å². The van der Waals surface area contributed by atoms with E-state index in [-0.39, 0.29) is 12.6 Å². The molecule has 0 saturated heterocycles. The number of hydrogen-bond donors (Lipinski definition) is 1. The van der Waals surface area contributed by atoms with Gasteiger partial charge in [0.25, 0.3) is 0 Å². The lowest BCUT2D eigenvalue weighted by Crippen LogP contribution is -2.18. The van der Waals surface area contributed by atoms with Gasteiger partial charge in [-0.2, -0.15) is 0 Å². The largest absolute Gasteiger partial charge is 0.489 e. The van der Waals surface area contributed by atoms with Crippen LogP contribution in [0.5, 0.6) is 5.75 Å². The van der Waals surface area contributed by atoms with Crippen molar-refractivity contribution in [2.45, 2.75) is 19.4 Å². The van der Waals surface area contributed by atoms with Crippen molar-refractivity contribution in [1.82, 2.24) is 0 Å². The zero-order valence-electron chi connectivity index (χ0n) is 8.97. The van der Waals surface area contributed by atoms with Crippen molar-refractivity contribution in [1.29, 1.82) is 0 Å². The molecule has 2 nitrogen and oxygen atoms in total. The number of benzene rings is 1. The van der Waals surface area contributed by atoms with Crippen LogP contribution in [-0.4, -0.2) is 19.3 Å². The van der Waals surface area contributed by atoms with E-state index in [1.807, 2.05) is 6.92 Å². The van der Waals surface area contributed by atoms with E-state index < -0.39 is 6.67 Å². The fraction of sp³-hybridized carbons (Fsp3) is 0.455. The van der Waals surface area contributed by atoms with Crippen molar-refractivity contribution < 1.29 is 9.13 Å². The van der Waals surface area contributed by atoms with E-state index >= 15 is 0 Å². The Bertz CT molecular complexity index is 358. The van der Waals surface area contributed by atoms with Crippen LogP contribution in [0, 0.1) is 0 Å². The molecule has 90 valence electrons. The van der Waals surface area contributed by atoms with E-state index in [1.165, 1.54) is 0 Å². The first-order valence-electron chi connectivity index (χ1n) is 4.97. The highest BCUT2D eigenvalue weighted by molar-refractivity contribution is 6.35. The third kappa shape index (κ3) is 3.81. The Morgan fingerprint density at radius 2 is 2.12 bits per heavy atom. The summed E-state index contributed by atoms with van der Waals surface area (Å²) in [6, 6.07) is 3.27. The first kappa shape index (κ1) is 13.6. The summed E-state index contributed by atoms with van der Waals surface area (Å²) >= 11 is 11.9. The topological polar surface area (TPSA) is 35.2 Å². The summed E-state index contributed by atoms with van der Waals surface area (Å²) in [5.41, 5.74) is 6.51. The van der Waals surface area contributed by atoms with E-state index in [1.54, 1.807) is 12.1 Å². The predicted octanol–water partition coefficient (Wildman–Crippen LogP) is 3.23. The van der Waals surface area contributed by atoms with E-state index in [9.17, 15) is 4.39 Å². The molecule has 0 aliphatic carbocycles. The first-order chi connectivity index (χ1) is 7.54. The van der Waals surface area contributed by atoms with Gasteiger partial charge < -0.3 is 10.5 Å². The smallest absolute Gasteiger partial charge is 0.141 e. The highest BCUT2D eigenvalue weighted by Gasteiger charge is 2.12. The lowest BCUT2D eigenvalue weighted by atomic mass is 10.1. The van der Waals surface area contributed by atoms with Gasteiger partial charge in [-0.05, 0) is 31.0 Å². The zero-order chi connectivity index (χ0) is 12.1. The Kier molecular flexibility index (Phi) is 5.32. The third-order valence-corrected chi connectivity index (χ3v) is 2.45. The summed E-state index contributed by atoms with van der Waals surface area (Å²) < 4.78 is 17.3. The van der Waals surface area contributed by atoms with Crippen LogP contribution in [0.25, 0.3) is 0 Å². The van der Waals surface area contributed by atoms with Gasteiger partial charge in [-0.1, -0.05) is 23.2 Å². The Hall–Kier alpha value is -0.510. The number of halogens is 3. The van der Waals surface area contributed by atoms with Crippen molar-refractivity contribution in [3.05, 3.63) is 27.7 Å². The molecule has 0 amide bonds. The molecule has 1 aromatic carbocycles. The number of nitrogens with two attached hydrogens (primary N) is 1. The molecule has 0 aliphatic heterocycles. The fourth-order valence-electron chi connectivity index (χ4n) is 1.41. The average Bonchev–Trinajstić information content (AvgIpc) is 2.15. The summed E-state index contributed by atoms with van der Waals surface area (Å²) in [7, 11) is 0. The molecule has 0 saturated carbocycles. The van der Waals surface area contributed by atoms with Gasteiger partial charge in [-0.3, -0.25) is 0 Å². The lowest BCUT2D eigenvalue weighted by Gasteiger charge is -2.14. The minimum absolute atomic E-state index is 0.0205. The summed E-state index contributed by atoms with van der Waals surface area (Å²) in [6.45, 7) is 1.29. The fourth-order valence-corrected chi connectivity index (χ4v) is 2.00. The van der Waals surface area contributed by atoms with Crippen molar-refractivity contribution in [3.8, 4) is 5.75 Å². The highest BCUT2D eigenvalue weighted by Crippen LogP contribution is 2.33. The van der Waals surface area contributed by atoms with Crippen LogP contribution in [0.4, 0.5) is 4.39 Å². The van der Waals surface area contributed by atoms with E-state index in [2.05, 4.69) is 0 Å². The van der Waals surface area contributed by atoms with Crippen molar-refractivity contribution in [3.63, 3.8) is 0 Å². The monoisotopic (exact) mass is 265 g/mol. The van der Waals surface area contributed by atoms with Gasteiger partial charge >= 0.3 is 0 Å². The Morgan fingerprint density at radius 1 is 1.44 bits per heavy atom. The average molecular weight is 266 g/mol. The van der Waals surface area contributed by atoms with Gasteiger partial charge in [0.05, 0.1) is 5.02 Å². The molecule has 16 heavy (non-hydrogen) atoms. The maximum Gasteiger partial charge on any atom is 0.141 e. The summed E-state index contributed by atoms with van der Waals surface area (Å²) in [5.74, 6) is 0.473. The summed E-state index contributed by atoms with van der Waals surface area (Å²) in [6.07, 6.45) is 0.585. The Balaban J connectivity index is 3.00. The molecule has 0 spiro atoms. The second kappa shape index (κ2) is 6.28. The molecule has 1 atom stereocenters. The first-order valence-corrected chi connectivity index (χ1v) is 5.72. The zero-order valence-corrected chi connectivity index (χ0v) is 10.5. The maximum atomic E-state index is 12.1. The summed E-state index contributed by atoms with van der Waals surface area (Å²) in [5, 5.41) is 0.907. The third-order valence-electron chi connectivity index (χ3n) is 1.95. The molecule has 0 aromatic heterocycles. The van der Waals surface area contributed by atoms with Crippen LogP contribution < -0.4 is 10.5 Å². The molecule has 5 heteroatoms. The SMILES string of the molecule is CC(N)Cc1cc(Cl)cc(Cl)c1OCCF. The summed E-state index contributed by atoms with van der Waals surface area (Å²) in [4.78, 5) is 0. The molecule has 0 heterocycles. The molecule has 1 aromatic rings. The normalized spacial score (nSPS) is 12.6. The second-order valence-corrected chi connectivity index (χ2v) is 4.44. The molecular formula is C11H14Cl2FNO. The van der Waals surface area contributed by atoms with Crippen molar-refractivity contribution >= 4 is 23.2 Å². The predicted molar refractivity (Wildman–Crippen MR) is 65.3 cm³/mol. The molecule has 2 N–H and O–H groups in total. The molecular weight excluding hydrogens is 252 g/mol. The molecule has 0 radical (unpaired) electrons. The van der Waals surface area contributed by atoms with Gasteiger partial charge in [0.2, 0.25) is 0 Å². The van der Waals surface area contributed by atoms with Gasteiger partial charge in [0.1, 0.15) is 19.0 Å². The molecule has 1 rings (SSSR count). The van der Waals surface area contributed by atoms with Gasteiger partial charge in [0.15, 0.2) is 0 Å². The molecule has 0 aliphatic rings.